The van der Waals surface area contributed by atoms with E-state index in [1.807, 2.05) is 6.92 Å². The Hall–Kier alpha value is -0.670. The molecular formula is C17H27NOS. The highest BCUT2D eigenvalue weighted by atomic mass is 32.2. The molecule has 2 rings (SSSR count). The molecule has 1 saturated heterocycles. The van der Waals surface area contributed by atoms with Gasteiger partial charge in [-0.15, -0.1) is 0 Å². The first kappa shape index (κ1) is 15.7. The Kier molecular flexibility index (Phi) is 6.74. The topological polar surface area (TPSA) is 21.3 Å². The molecule has 1 aromatic carbocycles. The summed E-state index contributed by atoms with van der Waals surface area (Å²) in [6.07, 6.45) is 5.25. The van der Waals surface area contributed by atoms with Crippen LogP contribution in [0.2, 0.25) is 0 Å². The summed E-state index contributed by atoms with van der Waals surface area (Å²) in [7, 11) is 0. The van der Waals surface area contributed by atoms with E-state index in [1.54, 1.807) is 0 Å². The molecule has 0 radical (unpaired) electrons. The van der Waals surface area contributed by atoms with E-state index in [-0.39, 0.29) is 0 Å². The molecule has 1 aliphatic heterocycles. The van der Waals surface area contributed by atoms with E-state index in [2.05, 4.69) is 48.3 Å². The number of hydrogen-bond acceptors (Lipinski definition) is 3. The van der Waals surface area contributed by atoms with Gasteiger partial charge in [0.15, 0.2) is 0 Å². The maximum Gasteiger partial charge on any atom is 0.119 e. The summed E-state index contributed by atoms with van der Waals surface area (Å²) < 4.78 is 5.65. The number of nitrogens with one attached hydrogen (secondary N) is 1. The molecule has 3 heteroatoms. The molecule has 1 N–H and O–H groups in total. The van der Waals surface area contributed by atoms with Crippen LogP contribution in [-0.4, -0.2) is 24.2 Å². The molecule has 2 nitrogen and oxygen atoms in total. The van der Waals surface area contributed by atoms with Crippen LogP contribution in [0.5, 0.6) is 5.75 Å². The van der Waals surface area contributed by atoms with Gasteiger partial charge in [0, 0.05) is 11.3 Å². The summed E-state index contributed by atoms with van der Waals surface area (Å²) >= 11 is 2.13. The fourth-order valence-corrected chi connectivity index (χ4v) is 4.21. The van der Waals surface area contributed by atoms with Crippen LogP contribution >= 0.6 is 11.8 Å². The Bertz CT molecular complexity index is 390. The summed E-state index contributed by atoms with van der Waals surface area (Å²) in [6, 6.07) is 9.09. The second-order valence-electron chi connectivity index (χ2n) is 5.34. The summed E-state index contributed by atoms with van der Waals surface area (Å²) in [6.45, 7) is 6.08. The zero-order valence-electron chi connectivity index (χ0n) is 12.7. The first-order valence-electron chi connectivity index (χ1n) is 7.93. The zero-order valence-corrected chi connectivity index (χ0v) is 13.5. The summed E-state index contributed by atoms with van der Waals surface area (Å²) in [5.41, 5.74) is 1.38. The number of benzene rings is 1. The summed E-state index contributed by atoms with van der Waals surface area (Å²) in [4.78, 5) is 0. The maximum absolute atomic E-state index is 5.65. The number of thioether (sulfide) groups is 1. The quantitative estimate of drug-likeness (QED) is 0.804. The minimum atomic E-state index is 0.459. The van der Waals surface area contributed by atoms with Gasteiger partial charge in [-0.1, -0.05) is 25.5 Å². The van der Waals surface area contributed by atoms with Crippen molar-refractivity contribution in [1.82, 2.24) is 5.32 Å². The van der Waals surface area contributed by atoms with Crippen molar-refractivity contribution >= 4 is 11.8 Å². The molecule has 1 heterocycles. The lowest BCUT2D eigenvalue weighted by atomic mass is 9.99. The highest BCUT2D eigenvalue weighted by molar-refractivity contribution is 8.00. The zero-order chi connectivity index (χ0) is 14.2. The van der Waals surface area contributed by atoms with Crippen molar-refractivity contribution in [2.45, 2.75) is 50.8 Å². The van der Waals surface area contributed by atoms with Gasteiger partial charge >= 0.3 is 0 Å². The summed E-state index contributed by atoms with van der Waals surface area (Å²) in [5.74, 6) is 2.30. The fraction of sp³-hybridized carbons (Fsp3) is 0.647. The SMILES string of the molecule is CCCNC(c1cccc(OCC)c1)C1CCCCS1. The average Bonchev–Trinajstić information content (AvgIpc) is 2.50. The van der Waals surface area contributed by atoms with Crippen molar-refractivity contribution in [2.75, 3.05) is 18.9 Å². The minimum Gasteiger partial charge on any atom is -0.494 e. The van der Waals surface area contributed by atoms with Gasteiger partial charge in [-0.3, -0.25) is 0 Å². The van der Waals surface area contributed by atoms with E-state index >= 15 is 0 Å². The molecule has 0 spiro atoms. The Morgan fingerprint density at radius 3 is 2.95 bits per heavy atom. The first-order valence-corrected chi connectivity index (χ1v) is 8.97. The van der Waals surface area contributed by atoms with Gasteiger partial charge in [-0.05, 0) is 56.2 Å². The molecular weight excluding hydrogens is 266 g/mol. The molecule has 20 heavy (non-hydrogen) atoms. The van der Waals surface area contributed by atoms with Crippen molar-refractivity contribution < 1.29 is 4.74 Å². The van der Waals surface area contributed by atoms with E-state index in [0.29, 0.717) is 11.3 Å². The van der Waals surface area contributed by atoms with Gasteiger partial charge in [0.25, 0.3) is 0 Å². The van der Waals surface area contributed by atoms with Crippen molar-refractivity contribution in [3.8, 4) is 5.75 Å². The molecule has 0 aliphatic carbocycles. The van der Waals surface area contributed by atoms with E-state index in [1.165, 1.54) is 37.0 Å². The van der Waals surface area contributed by atoms with Crippen LogP contribution < -0.4 is 10.1 Å². The van der Waals surface area contributed by atoms with Crippen molar-refractivity contribution in [3.05, 3.63) is 29.8 Å². The predicted molar refractivity (Wildman–Crippen MR) is 88.7 cm³/mol. The van der Waals surface area contributed by atoms with Crippen molar-refractivity contribution in [3.63, 3.8) is 0 Å². The lowest BCUT2D eigenvalue weighted by Gasteiger charge is -2.31. The third-order valence-electron chi connectivity index (χ3n) is 3.73. The van der Waals surface area contributed by atoms with Gasteiger partial charge < -0.3 is 10.1 Å². The molecule has 112 valence electrons. The highest BCUT2D eigenvalue weighted by Gasteiger charge is 2.25. The number of hydrogen-bond donors (Lipinski definition) is 1. The van der Waals surface area contributed by atoms with E-state index in [0.717, 1.165) is 18.9 Å². The predicted octanol–water partition coefficient (Wildman–Crippen LogP) is 4.41. The Morgan fingerprint density at radius 2 is 2.25 bits per heavy atom. The van der Waals surface area contributed by atoms with Crippen molar-refractivity contribution in [1.29, 1.82) is 0 Å². The van der Waals surface area contributed by atoms with Gasteiger partial charge in [0.1, 0.15) is 5.75 Å². The van der Waals surface area contributed by atoms with Gasteiger partial charge in [0.2, 0.25) is 0 Å². The molecule has 0 saturated carbocycles. The number of rotatable bonds is 7. The first-order chi connectivity index (χ1) is 9.85. The molecule has 1 aliphatic rings. The van der Waals surface area contributed by atoms with Crippen LogP contribution in [0.25, 0.3) is 0 Å². The van der Waals surface area contributed by atoms with E-state index in [9.17, 15) is 0 Å². The Balaban J connectivity index is 2.13. The monoisotopic (exact) mass is 293 g/mol. The molecule has 0 bridgehead atoms. The smallest absolute Gasteiger partial charge is 0.119 e. The third-order valence-corrected chi connectivity index (χ3v) is 5.19. The number of ether oxygens (including phenoxy) is 1. The lowest BCUT2D eigenvalue weighted by molar-refractivity contribution is 0.339. The Morgan fingerprint density at radius 1 is 1.35 bits per heavy atom. The van der Waals surface area contributed by atoms with Gasteiger partial charge in [0.05, 0.1) is 6.61 Å². The highest BCUT2D eigenvalue weighted by Crippen LogP contribution is 2.35. The molecule has 1 fully saturated rings. The molecule has 0 amide bonds. The minimum absolute atomic E-state index is 0.459. The normalized spacial score (nSPS) is 20.6. The second kappa shape index (κ2) is 8.58. The lowest BCUT2D eigenvalue weighted by Crippen LogP contribution is -2.32. The van der Waals surface area contributed by atoms with Crippen LogP contribution in [0.15, 0.2) is 24.3 Å². The van der Waals surface area contributed by atoms with Gasteiger partial charge in [-0.25, -0.2) is 0 Å². The molecule has 1 aromatic rings. The maximum atomic E-state index is 5.65. The van der Waals surface area contributed by atoms with Crippen LogP contribution in [0.4, 0.5) is 0 Å². The Labute approximate surface area is 127 Å². The third kappa shape index (κ3) is 4.42. The van der Waals surface area contributed by atoms with Crippen LogP contribution in [0.1, 0.15) is 51.1 Å². The summed E-state index contributed by atoms with van der Waals surface area (Å²) in [5, 5.41) is 4.45. The van der Waals surface area contributed by atoms with Gasteiger partial charge in [-0.2, -0.15) is 11.8 Å². The average molecular weight is 293 g/mol. The standard InChI is InChI=1S/C17H27NOS/c1-3-11-18-17(16-10-5-6-12-20-16)14-8-7-9-15(13-14)19-4-2/h7-9,13,16-18H,3-6,10-12H2,1-2H3. The van der Waals surface area contributed by atoms with E-state index in [4.69, 9.17) is 4.74 Å². The molecule has 0 aromatic heterocycles. The van der Waals surface area contributed by atoms with Crippen LogP contribution in [0, 0.1) is 0 Å². The van der Waals surface area contributed by atoms with E-state index < -0.39 is 0 Å². The second-order valence-corrected chi connectivity index (χ2v) is 6.69. The molecule has 2 unspecified atom stereocenters. The van der Waals surface area contributed by atoms with Crippen molar-refractivity contribution in [2.24, 2.45) is 0 Å². The fourth-order valence-electron chi connectivity index (χ4n) is 2.76. The van der Waals surface area contributed by atoms with Crippen LogP contribution in [0.3, 0.4) is 0 Å². The van der Waals surface area contributed by atoms with Crippen LogP contribution in [-0.2, 0) is 0 Å². The largest absolute Gasteiger partial charge is 0.494 e. The molecule has 2 atom stereocenters.